The van der Waals surface area contributed by atoms with E-state index >= 15 is 0 Å². The number of rotatable bonds is 4. The minimum atomic E-state index is 0.0919. The summed E-state index contributed by atoms with van der Waals surface area (Å²) in [5.41, 5.74) is 8.95. The summed E-state index contributed by atoms with van der Waals surface area (Å²) in [6.07, 6.45) is 3.85. The van der Waals surface area contributed by atoms with Crippen LogP contribution in [0.5, 0.6) is 0 Å². The normalized spacial score (nSPS) is 19.7. The maximum Gasteiger partial charge on any atom is 0.0511 e. The Morgan fingerprint density at radius 2 is 2.05 bits per heavy atom. The van der Waals surface area contributed by atoms with Crippen molar-refractivity contribution >= 4 is 21.6 Å². The summed E-state index contributed by atoms with van der Waals surface area (Å²) in [7, 11) is 0. The molecule has 1 aromatic rings. The molecule has 3 heteroatoms. The fourth-order valence-electron chi connectivity index (χ4n) is 3.03. The molecule has 1 atom stereocenters. The van der Waals surface area contributed by atoms with Gasteiger partial charge in [-0.15, -0.1) is 0 Å². The van der Waals surface area contributed by atoms with E-state index in [-0.39, 0.29) is 6.04 Å². The number of hydrogen-bond acceptors (Lipinski definition) is 2. The Morgan fingerprint density at radius 1 is 1.37 bits per heavy atom. The molecule has 2 rings (SSSR count). The minimum Gasteiger partial charge on any atom is -0.370 e. The van der Waals surface area contributed by atoms with Gasteiger partial charge in [-0.3, -0.25) is 0 Å². The fraction of sp³-hybridized carbons (Fsp3) is 0.625. The third-order valence-corrected chi connectivity index (χ3v) is 5.41. The molecule has 0 amide bonds. The maximum atomic E-state index is 5.94. The molecule has 0 radical (unpaired) electrons. The molecule has 1 heterocycles. The van der Waals surface area contributed by atoms with Crippen molar-refractivity contribution in [3.8, 4) is 0 Å². The van der Waals surface area contributed by atoms with Crippen LogP contribution in [0.25, 0.3) is 0 Å². The number of halogens is 1. The molecule has 0 aliphatic carbocycles. The molecular weight excluding hydrogens is 300 g/mol. The molecule has 19 heavy (non-hydrogen) atoms. The number of benzene rings is 1. The molecule has 2 nitrogen and oxygen atoms in total. The Bertz CT molecular complexity index is 438. The van der Waals surface area contributed by atoms with Crippen LogP contribution < -0.4 is 10.6 Å². The zero-order chi connectivity index (χ0) is 14.0. The lowest BCUT2D eigenvalue weighted by atomic mass is 9.82. The lowest BCUT2D eigenvalue weighted by Crippen LogP contribution is -2.26. The summed E-state index contributed by atoms with van der Waals surface area (Å²) in [5, 5.41) is 0. The second-order valence-corrected chi connectivity index (χ2v) is 6.73. The Labute approximate surface area is 125 Å². The van der Waals surface area contributed by atoms with Crippen LogP contribution in [0.15, 0.2) is 22.7 Å². The van der Waals surface area contributed by atoms with E-state index in [1.165, 1.54) is 41.5 Å². The standard InChI is InChI=1S/C16H25BrN2/c1-4-16(5-2)8-9-19(11-16)15-7-6-13(12(3)18)10-14(15)17/h6-7,10,12H,4-5,8-9,11,18H2,1-3H3/t12-/m0/s1. The quantitative estimate of drug-likeness (QED) is 0.884. The summed E-state index contributed by atoms with van der Waals surface area (Å²) in [6.45, 7) is 9.01. The molecule has 0 unspecified atom stereocenters. The Balaban J connectivity index is 2.20. The van der Waals surface area contributed by atoms with Gasteiger partial charge in [0, 0.05) is 23.6 Å². The molecule has 1 saturated heterocycles. The summed E-state index contributed by atoms with van der Waals surface area (Å²) in [6, 6.07) is 6.62. The first kappa shape index (κ1) is 14.9. The minimum absolute atomic E-state index is 0.0919. The molecule has 1 fully saturated rings. The van der Waals surface area contributed by atoms with Crippen molar-refractivity contribution in [3.05, 3.63) is 28.2 Å². The van der Waals surface area contributed by atoms with Gasteiger partial charge in [0.1, 0.15) is 0 Å². The average molecular weight is 325 g/mol. The SMILES string of the molecule is CCC1(CC)CCN(c2ccc([C@H](C)N)cc2Br)C1. The second-order valence-electron chi connectivity index (χ2n) is 5.88. The van der Waals surface area contributed by atoms with Gasteiger partial charge in [-0.05, 0) is 65.2 Å². The van der Waals surface area contributed by atoms with Crippen molar-refractivity contribution < 1.29 is 0 Å². The van der Waals surface area contributed by atoms with Crippen LogP contribution in [0, 0.1) is 5.41 Å². The lowest BCUT2D eigenvalue weighted by Gasteiger charge is -2.28. The molecule has 2 N–H and O–H groups in total. The van der Waals surface area contributed by atoms with E-state index in [0.29, 0.717) is 5.41 Å². The predicted octanol–water partition coefficient (Wildman–Crippen LogP) is 4.49. The van der Waals surface area contributed by atoms with Crippen LogP contribution in [0.2, 0.25) is 0 Å². The molecule has 1 aliphatic rings. The first-order valence-electron chi connectivity index (χ1n) is 7.31. The van der Waals surface area contributed by atoms with Crippen LogP contribution in [-0.4, -0.2) is 13.1 Å². The van der Waals surface area contributed by atoms with Gasteiger partial charge in [0.15, 0.2) is 0 Å². The van der Waals surface area contributed by atoms with Gasteiger partial charge >= 0.3 is 0 Å². The summed E-state index contributed by atoms with van der Waals surface area (Å²) < 4.78 is 1.17. The molecule has 1 aromatic carbocycles. The zero-order valence-electron chi connectivity index (χ0n) is 12.2. The molecule has 0 aromatic heterocycles. The average Bonchev–Trinajstić information content (AvgIpc) is 2.83. The van der Waals surface area contributed by atoms with Crippen LogP contribution in [0.4, 0.5) is 5.69 Å². The number of nitrogens with zero attached hydrogens (tertiary/aromatic N) is 1. The van der Waals surface area contributed by atoms with Gasteiger partial charge in [-0.2, -0.15) is 0 Å². The van der Waals surface area contributed by atoms with Gasteiger partial charge in [0.25, 0.3) is 0 Å². The van der Waals surface area contributed by atoms with Crippen LogP contribution in [0.3, 0.4) is 0 Å². The smallest absolute Gasteiger partial charge is 0.0511 e. The highest BCUT2D eigenvalue weighted by atomic mass is 79.9. The Hall–Kier alpha value is -0.540. The highest BCUT2D eigenvalue weighted by molar-refractivity contribution is 9.10. The summed E-state index contributed by atoms with van der Waals surface area (Å²) in [4.78, 5) is 2.52. The number of nitrogens with two attached hydrogens (primary N) is 1. The van der Waals surface area contributed by atoms with E-state index in [9.17, 15) is 0 Å². The highest BCUT2D eigenvalue weighted by Gasteiger charge is 2.35. The van der Waals surface area contributed by atoms with E-state index in [1.54, 1.807) is 0 Å². The van der Waals surface area contributed by atoms with Crippen molar-refractivity contribution in [2.24, 2.45) is 11.1 Å². The van der Waals surface area contributed by atoms with Crippen molar-refractivity contribution in [1.29, 1.82) is 0 Å². The third kappa shape index (κ3) is 2.97. The monoisotopic (exact) mass is 324 g/mol. The first-order valence-corrected chi connectivity index (χ1v) is 8.10. The van der Waals surface area contributed by atoms with Gasteiger partial charge in [-0.25, -0.2) is 0 Å². The summed E-state index contributed by atoms with van der Waals surface area (Å²) in [5.74, 6) is 0. The number of hydrogen-bond donors (Lipinski definition) is 1. The zero-order valence-corrected chi connectivity index (χ0v) is 13.8. The lowest BCUT2D eigenvalue weighted by molar-refractivity contribution is 0.301. The van der Waals surface area contributed by atoms with Gasteiger partial charge in [-0.1, -0.05) is 19.9 Å². The van der Waals surface area contributed by atoms with Gasteiger partial charge in [0.2, 0.25) is 0 Å². The van der Waals surface area contributed by atoms with Crippen molar-refractivity contribution in [2.45, 2.75) is 46.1 Å². The Morgan fingerprint density at radius 3 is 2.53 bits per heavy atom. The molecule has 1 aliphatic heterocycles. The fourth-order valence-corrected chi connectivity index (χ4v) is 3.68. The Kier molecular flexibility index (Phi) is 4.57. The van der Waals surface area contributed by atoms with Crippen LogP contribution in [0.1, 0.15) is 51.6 Å². The van der Waals surface area contributed by atoms with E-state index in [4.69, 9.17) is 5.73 Å². The van der Waals surface area contributed by atoms with Crippen LogP contribution >= 0.6 is 15.9 Å². The van der Waals surface area contributed by atoms with E-state index in [0.717, 1.165) is 6.54 Å². The van der Waals surface area contributed by atoms with E-state index in [2.05, 4.69) is 52.9 Å². The summed E-state index contributed by atoms with van der Waals surface area (Å²) >= 11 is 3.71. The third-order valence-electron chi connectivity index (χ3n) is 4.78. The topological polar surface area (TPSA) is 29.3 Å². The largest absolute Gasteiger partial charge is 0.370 e. The van der Waals surface area contributed by atoms with Crippen molar-refractivity contribution in [3.63, 3.8) is 0 Å². The molecular formula is C16H25BrN2. The van der Waals surface area contributed by atoms with Crippen molar-refractivity contribution in [1.82, 2.24) is 0 Å². The van der Waals surface area contributed by atoms with E-state index in [1.807, 2.05) is 6.92 Å². The molecule has 106 valence electrons. The van der Waals surface area contributed by atoms with E-state index < -0.39 is 0 Å². The first-order chi connectivity index (χ1) is 9.01. The molecule has 0 bridgehead atoms. The molecule has 0 spiro atoms. The predicted molar refractivity (Wildman–Crippen MR) is 86.6 cm³/mol. The number of anilines is 1. The maximum absolute atomic E-state index is 5.94. The van der Waals surface area contributed by atoms with Gasteiger partial charge in [0.05, 0.1) is 5.69 Å². The highest BCUT2D eigenvalue weighted by Crippen LogP contribution is 2.41. The van der Waals surface area contributed by atoms with Crippen LogP contribution in [-0.2, 0) is 0 Å². The molecule has 0 saturated carbocycles. The second kappa shape index (κ2) is 5.84. The van der Waals surface area contributed by atoms with Crippen molar-refractivity contribution in [2.75, 3.05) is 18.0 Å². The van der Waals surface area contributed by atoms with Gasteiger partial charge < -0.3 is 10.6 Å².